The highest BCUT2D eigenvalue weighted by molar-refractivity contribution is 6.09. The molecule has 1 aliphatic heterocycles. The Kier molecular flexibility index (Phi) is 5.81. The van der Waals surface area contributed by atoms with Crippen LogP contribution in [0.4, 0.5) is 9.18 Å². The Morgan fingerprint density at radius 3 is 2.59 bits per heavy atom. The van der Waals surface area contributed by atoms with E-state index in [1.165, 1.54) is 24.3 Å². The van der Waals surface area contributed by atoms with Crippen molar-refractivity contribution in [3.63, 3.8) is 0 Å². The zero-order valence-electron chi connectivity index (χ0n) is 16.2. The van der Waals surface area contributed by atoms with Crippen LogP contribution in [0.2, 0.25) is 0 Å². The first-order valence-electron chi connectivity index (χ1n) is 9.19. The maximum atomic E-state index is 13.3. The number of nitrogens with zero attached hydrogens (tertiary/aromatic N) is 1. The predicted molar refractivity (Wildman–Crippen MR) is 103 cm³/mol. The van der Waals surface area contributed by atoms with Gasteiger partial charge in [0, 0.05) is 6.54 Å². The zero-order valence-corrected chi connectivity index (χ0v) is 16.2. The molecule has 1 heterocycles. The number of carbonyl (C=O) groups is 3. The Labute approximate surface area is 167 Å². The quantitative estimate of drug-likeness (QED) is 0.700. The van der Waals surface area contributed by atoms with E-state index in [2.05, 4.69) is 10.6 Å². The third-order valence-electron chi connectivity index (χ3n) is 4.97. The number of rotatable bonds is 7. The predicted octanol–water partition coefficient (Wildman–Crippen LogP) is 2.31. The first-order chi connectivity index (χ1) is 13.9. The minimum atomic E-state index is -1.31. The second kappa shape index (κ2) is 8.30. The molecule has 1 aliphatic rings. The van der Waals surface area contributed by atoms with Crippen LogP contribution in [0.3, 0.4) is 0 Å². The number of amides is 4. The van der Waals surface area contributed by atoms with Crippen LogP contribution in [0.15, 0.2) is 48.5 Å². The molecule has 4 amide bonds. The molecule has 7 nitrogen and oxygen atoms in total. The normalized spacial score (nSPS) is 18.5. The number of carbonyl (C=O) groups excluding carboxylic acids is 3. The number of nitrogens with one attached hydrogen (secondary N) is 2. The molecule has 2 aromatic rings. The number of hydrogen-bond donors (Lipinski definition) is 2. The molecule has 0 spiro atoms. The molecule has 152 valence electrons. The smallest absolute Gasteiger partial charge is 0.325 e. The lowest BCUT2D eigenvalue weighted by atomic mass is 9.87. The van der Waals surface area contributed by atoms with E-state index in [9.17, 15) is 18.8 Å². The van der Waals surface area contributed by atoms with Crippen LogP contribution < -0.4 is 15.4 Å². The van der Waals surface area contributed by atoms with E-state index in [-0.39, 0.29) is 13.0 Å². The molecule has 3 rings (SSSR count). The summed E-state index contributed by atoms with van der Waals surface area (Å²) in [7, 11) is 1.55. The van der Waals surface area contributed by atoms with E-state index < -0.39 is 35.7 Å². The Morgan fingerprint density at radius 2 is 1.93 bits per heavy atom. The Balaban J connectivity index is 1.69. The molecular formula is C21H22FN3O4. The van der Waals surface area contributed by atoms with Crippen molar-refractivity contribution in [2.75, 3.05) is 13.7 Å². The molecule has 0 aliphatic carbocycles. The van der Waals surface area contributed by atoms with Crippen LogP contribution in [0.25, 0.3) is 0 Å². The van der Waals surface area contributed by atoms with Gasteiger partial charge in [0.15, 0.2) is 0 Å². The maximum Gasteiger partial charge on any atom is 0.325 e. The average molecular weight is 399 g/mol. The molecule has 1 fully saturated rings. The van der Waals surface area contributed by atoms with E-state index in [0.717, 1.165) is 10.5 Å². The molecule has 0 saturated carbocycles. The highest BCUT2D eigenvalue weighted by atomic mass is 19.1. The fraction of sp³-hybridized carbons (Fsp3) is 0.286. The molecular weight excluding hydrogens is 377 g/mol. The Bertz CT molecular complexity index is 932. The molecule has 29 heavy (non-hydrogen) atoms. The number of ether oxygens (including phenoxy) is 1. The van der Waals surface area contributed by atoms with Crippen molar-refractivity contribution in [2.45, 2.75) is 25.4 Å². The third-order valence-corrected chi connectivity index (χ3v) is 4.97. The van der Waals surface area contributed by atoms with Crippen LogP contribution in [-0.2, 0) is 21.7 Å². The Morgan fingerprint density at radius 1 is 1.21 bits per heavy atom. The summed E-state index contributed by atoms with van der Waals surface area (Å²) >= 11 is 0. The van der Waals surface area contributed by atoms with Crippen molar-refractivity contribution in [1.29, 1.82) is 0 Å². The second-order valence-corrected chi connectivity index (χ2v) is 6.72. The lowest BCUT2D eigenvalue weighted by molar-refractivity contribution is -0.135. The summed E-state index contributed by atoms with van der Waals surface area (Å²) in [5.41, 5.74) is -0.0131. The van der Waals surface area contributed by atoms with Gasteiger partial charge in [0.05, 0.1) is 7.11 Å². The first kappa shape index (κ1) is 20.3. The van der Waals surface area contributed by atoms with E-state index in [4.69, 9.17) is 4.74 Å². The molecule has 8 heteroatoms. The lowest BCUT2D eigenvalue weighted by Gasteiger charge is -2.25. The van der Waals surface area contributed by atoms with Gasteiger partial charge in [-0.25, -0.2) is 9.18 Å². The summed E-state index contributed by atoms with van der Waals surface area (Å²) in [4.78, 5) is 38.6. The molecule has 2 aromatic carbocycles. The average Bonchev–Trinajstić information content (AvgIpc) is 2.98. The first-order valence-corrected chi connectivity index (χ1v) is 9.19. The summed E-state index contributed by atoms with van der Waals surface area (Å²) < 4.78 is 18.4. The van der Waals surface area contributed by atoms with Crippen molar-refractivity contribution < 1.29 is 23.5 Å². The molecule has 2 N–H and O–H groups in total. The van der Waals surface area contributed by atoms with Crippen LogP contribution in [0.1, 0.15) is 24.5 Å². The van der Waals surface area contributed by atoms with Gasteiger partial charge in [0.2, 0.25) is 5.91 Å². The minimum absolute atomic E-state index is 0.233. The van der Waals surface area contributed by atoms with Crippen molar-refractivity contribution in [2.24, 2.45) is 0 Å². The zero-order chi connectivity index (χ0) is 21.0. The van der Waals surface area contributed by atoms with Crippen molar-refractivity contribution >= 4 is 17.8 Å². The van der Waals surface area contributed by atoms with Crippen LogP contribution in [0.5, 0.6) is 5.75 Å². The molecule has 0 radical (unpaired) electrons. The fourth-order valence-corrected chi connectivity index (χ4v) is 3.33. The molecule has 0 unspecified atom stereocenters. The monoisotopic (exact) mass is 399 g/mol. The van der Waals surface area contributed by atoms with Crippen molar-refractivity contribution in [1.82, 2.24) is 15.5 Å². The number of benzene rings is 2. The molecule has 0 bridgehead atoms. The van der Waals surface area contributed by atoms with Crippen LogP contribution in [0, 0.1) is 5.82 Å². The molecule has 1 atom stereocenters. The van der Waals surface area contributed by atoms with E-state index in [1.807, 2.05) is 6.07 Å². The van der Waals surface area contributed by atoms with Gasteiger partial charge in [-0.05, 0) is 41.8 Å². The van der Waals surface area contributed by atoms with Crippen LogP contribution >= 0.6 is 0 Å². The van der Waals surface area contributed by atoms with Crippen molar-refractivity contribution in [3.8, 4) is 5.75 Å². The molecule has 1 saturated heterocycles. The summed E-state index contributed by atoms with van der Waals surface area (Å²) in [6.07, 6.45) is 0.269. The summed E-state index contributed by atoms with van der Waals surface area (Å²) in [6, 6.07) is 11.9. The standard InChI is InChI=1S/C21H22FN3O4/c1-3-21(15-7-9-16(22)10-8-15)19(27)25(20(28)24-21)13-18(26)23-12-14-5-4-6-17(11-14)29-2/h4-11H,3,12-13H2,1-2H3,(H,23,26)(H,24,28)/t21-/m0/s1. The van der Waals surface area contributed by atoms with Gasteiger partial charge in [-0.2, -0.15) is 0 Å². The number of methoxy groups -OCH3 is 1. The highest BCUT2D eigenvalue weighted by Crippen LogP contribution is 2.32. The van der Waals surface area contributed by atoms with Gasteiger partial charge < -0.3 is 15.4 Å². The van der Waals surface area contributed by atoms with E-state index in [1.54, 1.807) is 32.2 Å². The van der Waals surface area contributed by atoms with Gasteiger partial charge in [-0.15, -0.1) is 0 Å². The molecule has 0 aromatic heterocycles. The van der Waals surface area contributed by atoms with Gasteiger partial charge in [0.25, 0.3) is 5.91 Å². The van der Waals surface area contributed by atoms with Gasteiger partial charge in [-0.1, -0.05) is 31.2 Å². The summed E-state index contributed by atoms with van der Waals surface area (Å²) in [5.74, 6) is -0.779. The highest BCUT2D eigenvalue weighted by Gasteiger charge is 2.51. The van der Waals surface area contributed by atoms with Crippen LogP contribution in [-0.4, -0.2) is 36.4 Å². The largest absolute Gasteiger partial charge is 0.497 e. The van der Waals surface area contributed by atoms with E-state index in [0.29, 0.717) is 11.3 Å². The SMILES string of the molecule is CC[C@@]1(c2ccc(F)cc2)NC(=O)N(CC(=O)NCc2cccc(OC)c2)C1=O. The van der Waals surface area contributed by atoms with Gasteiger partial charge in [0.1, 0.15) is 23.7 Å². The second-order valence-electron chi connectivity index (χ2n) is 6.72. The number of urea groups is 1. The number of imide groups is 1. The number of hydrogen-bond acceptors (Lipinski definition) is 4. The Hall–Kier alpha value is -3.42. The summed E-state index contributed by atoms with van der Waals surface area (Å²) in [5, 5.41) is 5.36. The minimum Gasteiger partial charge on any atom is -0.497 e. The van der Waals surface area contributed by atoms with Crippen molar-refractivity contribution in [3.05, 3.63) is 65.5 Å². The fourth-order valence-electron chi connectivity index (χ4n) is 3.33. The maximum absolute atomic E-state index is 13.3. The number of halogens is 1. The lowest BCUT2D eigenvalue weighted by Crippen LogP contribution is -2.44. The van der Waals surface area contributed by atoms with E-state index >= 15 is 0 Å². The third kappa shape index (κ3) is 4.06. The van der Waals surface area contributed by atoms with Gasteiger partial charge in [-0.3, -0.25) is 14.5 Å². The topological polar surface area (TPSA) is 87.7 Å². The van der Waals surface area contributed by atoms with Gasteiger partial charge >= 0.3 is 6.03 Å². The summed E-state index contributed by atoms with van der Waals surface area (Å²) in [6.45, 7) is 1.57.